The second-order valence-electron chi connectivity index (χ2n) is 6.79. The molecule has 2 aromatic rings. The molecule has 1 aromatic carbocycles. The van der Waals surface area contributed by atoms with Crippen molar-refractivity contribution in [1.82, 2.24) is 9.97 Å². The normalized spacial score (nSPS) is 21.9. The molecule has 3 atom stereocenters. The molecule has 5 nitrogen and oxygen atoms in total. The largest absolute Gasteiger partial charge is 0.391 e. The zero-order chi connectivity index (χ0) is 20.3. The van der Waals surface area contributed by atoms with Gasteiger partial charge in [-0.25, -0.2) is 13.8 Å². The first-order valence-corrected chi connectivity index (χ1v) is 9.27. The number of nitrogens with zero attached hydrogens (tertiary/aromatic N) is 2. The Morgan fingerprint density at radius 1 is 1.29 bits per heavy atom. The van der Waals surface area contributed by atoms with Crippen LogP contribution in [0.3, 0.4) is 0 Å². The Morgan fingerprint density at radius 3 is 2.82 bits per heavy atom. The maximum absolute atomic E-state index is 13.9. The summed E-state index contributed by atoms with van der Waals surface area (Å²) in [7, 11) is 0. The summed E-state index contributed by atoms with van der Waals surface area (Å²) in [6, 6.07) is 3.65. The first kappa shape index (κ1) is 20.2. The Bertz CT molecular complexity index is 906. The summed E-state index contributed by atoms with van der Waals surface area (Å²) in [6.07, 6.45) is 6.35. The molecule has 0 bridgehead atoms. The molecule has 1 saturated carbocycles. The predicted octanol–water partition coefficient (Wildman–Crippen LogP) is 4.29. The van der Waals surface area contributed by atoms with Crippen LogP contribution < -0.4 is 11.1 Å². The minimum Gasteiger partial charge on any atom is -0.391 e. The number of nitrogen functional groups attached to an aromatic ring is 1. The fourth-order valence-corrected chi connectivity index (χ4v) is 3.65. The van der Waals surface area contributed by atoms with Gasteiger partial charge in [0.25, 0.3) is 0 Å². The van der Waals surface area contributed by atoms with Gasteiger partial charge in [-0.2, -0.15) is 4.98 Å². The molecule has 1 aliphatic carbocycles. The van der Waals surface area contributed by atoms with Crippen molar-refractivity contribution in [1.29, 1.82) is 0 Å². The Morgan fingerprint density at radius 2 is 2.07 bits per heavy atom. The van der Waals surface area contributed by atoms with E-state index in [2.05, 4.69) is 21.9 Å². The third-order valence-electron chi connectivity index (χ3n) is 4.78. The van der Waals surface area contributed by atoms with E-state index in [4.69, 9.17) is 17.3 Å². The minimum absolute atomic E-state index is 0.0308. The molecule has 3 rings (SSSR count). The summed E-state index contributed by atoms with van der Waals surface area (Å²) < 4.78 is 27.3. The second-order valence-corrected chi connectivity index (χ2v) is 7.15. The monoisotopic (exact) mass is 406 g/mol. The summed E-state index contributed by atoms with van der Waals surface area (Å²) in [4.78, 5) is 8.10. The number of hydrogen-bond donors (Lipinski definition) is 3. The van der Waals surface area contributed by atoms with Crippen molar-refractivity contribution in [3.8, 4) is 0 Å². The molecule has 0 radical (unpaired) electrons. The van der Waals surface area contributed by atoms with Crippen molar-refractivity contribution in [2.45, 2.75) is 31.4 Å². The zero-order valence-corrected chi connectivity index (χ0v) is 15.8. The molecule has 8 heteroatoms. The van der Waals surface area contributed by atoms with Crippen LogP contribution in [0, 0.1) is 17.6 Å². The van der Waals surface area contributed by atoms with Gasteiger partial charge in [-0.05, 0) is 37.3 Å². The lowest BCUT2D eigenvalue weighted by molar-refractivity contribution is 0.167. The number of aromatic nitrogens is 2. The van der Waals surface area contributed by atoms with Gasteiger partial charge in [0.05, 0.1) is 17.7 Å². The molecule has 0 spiro atoms. The molecule has 4 N–H and O–H groups in total. The van der Waals surface area contributed by atoms with Gasteiger partial charge in [0, 0.05) is 5.56 Å². The number of nitrogens with one attached hydrogen (secondary N) is 1. The summed E-state index contributed by atoms with van der Waals surface area (Å²) >= 11 is 6.21. The molecule has 1 heterocycles. The number of rotatable bonds is 6. The Hall–Kier alpha value is -2.51. The van der Waals surface area contributed by atoms with Crippen molar-refractivity contribution >= 4 is 35.5 Å². The van der Waals surface area contributed by atoms with Crippen molar-refractivity contribution in [2.24, 2.45) is 5.92 Å². The number of anilines is 2. The molecule has 0 saturated heterocycles. The van der Waals surface area contributed by atoms with Gasteiger partial charge in [-0.15, -0.1) is 6.58 Å². The van der Waals surface area contributed by atoms with Crippen LogP contribution in [0.1, 0.15) is 30.4 Å². The SMILES string of the molecule is C=CC[C@@H]1C[C@@H](O)[C@H](Nc2nc(N)nc(Cl)c2/C=C/c2cccc(F)c2F)C1. The van der Waals surface area contributed by atoms with Gasteiger partial charge in [0.15, 0.2) is 11.6 Å². The Balaban J connectivity index is 1.89. The first-order valence-electron chi connectivity index (χ1n) is 8.89. The van der Waals surface area contributed by atoms with E-state index < -0.39 is 17.7 Å². The van der Waals surface area contributed by atoms with Crippen molar-refractivity contribution in [3.05, 3.63) is 58.8 Å². The fourth-order valence-electron chi connectivity index (χ4n) is 3.42. The van der Waals surface area contributed by atoms with Crippen molar-refractivity contribution in [2.75, 3.05) is 11.1 Å². The lowest BCUT2D eigenvalue weighted by Gasteiger charge is -2.19. The number of aliphatic hydroxyl groups excluding tert-OH is 1. The summed E-state index contributed by atoms with van der Waals surface area (Å²) in [5.74, 6) is -1.28. The van der Waals surface area contributed by atoms with Gasteiger partial charge >= 0.3 is 0 Å². The number of hydrogen-bond acceptors (Lipinski definition) is 5. The predicted molar refractivity (Wildman–Crippen MR) is 108 cm³/mol. The van der Waals surface area contributed by atoms with Crippen LogP contribution >= 0.6 is 11.6 Å². The molecule has 0 aliphatic heterocycles. The highest BCUT2D eigenvalue weighted by atomic mass is 35.5. The smallest absolute Gasteiger partial charge is 0.223 e. The standard InChI is InChI=1S/C20H21ClF2N4O/c1-2-4-11-9-15(16(28)10-11)25-19-13(18(21)26-20(24)27-19)8-7-12-5-3-6-14(22)17(12)23/h2-3,5-8,11,15-16,28H,1,4,9-10H2,(H3,24,25,26,27)/b8-7+/t11-,15+,16+/m0/s1. The fraction of sp³-hybridized carbons (Fsp3) is 0.300. The quantitative estimate of drug-likeness (QED) is 0.492. The number of halogens is 3. The Labute approximate surface area is 167 Å². The maximum Gasteiger partial charge on any atom is 0.223 e. The average Bonchev–Trinajstić information content (AvgIpc) is 2.97. The first-order chi connectivity index (χ1) is 13.4. The van der Waals surface area contributed by atoms with E-state index in [-0.39, 0.29) is 22.7 Å². The maximum atomic E-state index is 13.9. The highest BCUT2D eigenvalue weighted by Gasteiger charge is 2.33. The molecule has 1 aromatic heterocycles. The van der Waals surface area contributed by atoms with Crippen molar-refractivity contribution in [3.63, 3.8) is 0 Å². The van der Waals surface area contributed by atoms with E-state index in [1.165, 1.54) is 24.3 Å². The van der Waals surface area contributed by atoms with Gasteiger partial charge < -0.3 is 16.2 Å². The van der Waals surface area contributed by atoms with E-state index in [1.807, 2.05) is 6.08 Å². The van der Waals surface area contributed by atoms with E-state index in [1.54, 1.807) is 0 Å². The molecule has 0 amide bonds. The molecular weight excluding hydrogens is 386 g/mol. The van der Waals surface area contributed by atoms with Crippen LogP contribution in [0.4, 0.5) is 20.5 Å². The zero-order valence-electron chi connectivity index (χ0n) is 15.1. The van der Waals surface area contributed by atoms with Gasteiger partial charge in [-0.3, -0.25) is 0 Å². The lowest BCUT2D eigenvalue weighted by atomic mass is 10.0. The Kier molecular flexibility index (Phi) is 6.26. The molecule has 1 aliphatic rings. The molecule has 28 heavy (non-hydrogen) atoms. The van der Waals surface area contributed by atoms with Gasteiger partial charge in [0.1, 0.15) is 11.0 Å². The third-order valence-corrected chi connectivity index (χ3v) is 5.06. The van der Waals surface area contributed by atoms with E-state index in [9.17, 15) is 13.9 Å². The summed E-state index contributed by atoms with van der Waals surface area (Å²) in [5, 5.41) is 13.6. The van der Waals surface area contributed by atoms with Crippen LogP contribution in [-0.2, 0) is 0 Å². The number of allylic oxidation sites excluding steroid dienone is 1. The molecule has 148 valence electrons. The summed E-state index contributed by atoms with van der Waals surface area (Å²) in [6.45, 7) is 3.74. The van der Waals surface area contributed by atoms with Gasteiger partial charge in [-0.1, -0.05) is 35.9 Å². The second kappa shape index (κ2) is 8.67. The molecule has 0 unspecified atom stereocenters. The summed E-state index contributed by atoms with van der Waals surface area (Å²) in [5.41, 5.74) is 6.14. The van der Waals surface area contributed by atoms with Crippen LogP contribution in [-0.4, -0.2) is 27.2 Å². The third kappa shape index (κ3) is 4.48. The molecular formula is C20H21ClF2N4O. The number of nitrogens with two attached hydrogens (primary N) is 1. The molecule has 1 fully saturated rings. The van der Waals surface area contributed by atoms with Crippen LogP contribution in [0.25, 0.3) is 12.2 Å². The highest BCUT2D eigenvalue weighted by Crippen LogP contribution is 2.33. The van der Waals surface area contributed by atoms with E-state index in [0.717, 1.165) is 18.9 Å². The number of aliphatic hydroxyl groups is 1. The number of benzene rings is 1. The van der Waals surface area contributed by atoms with Gasteiger partial charge in [0.2, 0.25) is 5.95 Å². The highest BCUT2D eigenvalue weighted by molar-refractivity contribution is 6.31. The van der Waals surface area contributed by atoms with E-state index in [0.29, 0.717) is 23.7 Å². The average molecular weight is 407 g/mol. The minimum atomic E-state index is -0.959. The van der Waals surface area contributed by atoms with Crippen LogP contribution in [0.5, 0.6) is 0 Å². The van der Waals surface area contributed by atoms with Crippen molar-refractivity contribution < 1.29 is 13.9 Å². The van der Waals surface area contributed by atoms with Crippen LogP contribution in [0.15, 0.2) is 30.9 Å². The lowest BCUT2D eigenvalue weighted by Crippen LogP contribution is -2.29. The topological polar surface area (TPSA) is 84.1 Å². The van der Waals surface area contributed by atoms with Crippen LogP contribution in [0.2, 0.25) is 5.15 Å². The van der Waals surface area contributed by atoms with E-state index >= 15 is 0 Å².